The van der Waals surface area contributed by atoms with Gasteiger partial charge in [-0.05, 0) is 37.5 Å². The number of likely N-dealkylation sites (tertiary alicyclic amines) is 1. The molecule has 2 fully saturated rings. The minimum atomic E-state index is -0.397. The molecule has 160 valence electrons. The molecule has 0 aromatic heterocycles. The third-order valence-corrected chi connectivity index (χ3v) is 5.52. The zero-order chi connectivity index (χ0) is 20.6. The Labute approximate surface area is 172 Å². The topological polar surface area (TPSA) is 71.4 Å². The molecule has 1 aromatic rings. The highest BCUT2D eigenvalue weighted by Gasteiger charge is 2.24. The molecule has 2 heterocycles. The van der Waals surface area contributed by atoms with E-state index in [-0.39, 0.29) is 12.5 Å². The van der Waals surface area contributed by atoms with E-state index in [0.29, 0.717) is 18.7 Å². The Bertz CT molecular complexity index is 713. The third kappa shape index (κ3) is 5.90. The van der Waals surface area contributed by atoms with Crippen LogP contribution in [-0.2, 0) is 17.9 Å². The standard InChI is InChI=1S/C21H32FN5O2/c1-2-23-21(24-14-17-5-6-19(22)18(13-17)16-28)27-11-9-25(10-12-27)15-20(29)26-7-3-4-8-26/h5-6,13,28H,2-4,7-12,14-16H2,1H3,(H,23,24). The summed E-state index contributed by atoms with van der Waals surface area (Å²) in [5.74, 6) is 0.673. The molecule has 8 heteroatoms. The molecule has 2 saturated heterocycles. The molecule has 2 N–H and O–H groups in total. The highest BCUT2D eigenvalue weighted by molar-refractivity contribution is 5.80. The summed E-state index contributed by atoms with van der Waals surface area (Å²) in [6.07, 6.45) is 2.24. The first-order chi connectivity index (χ1) is 14.1. The van der Waals surface area contributed by atoms with E-state index in [0.717, 1.165) is 70.2 Å². The SMILES string of the molecule is CCNC(=NCc1ccc(F)c(CO)c1)N1CCN(CC(=O)N2CCCC2)CC1. The first kappa shape index (κ1) is 21.5. The van der Waals surface area contributed by atoms with Gasteiger partial charge in [-0.1, -0.05) is 6.07 Å². The number of hydrogen-bond donors (Lipinski definition) is 2. The highest BCUT2D eigenvalue weighted by Crippen LogP contribution is 2.13. The van der Waals surface area contributed by atoms with Crippen LogP contribution in [0.3, 0.4) is 0 Å². The number of amides is 1. The van der Waals surface area contributed by atoms with Crippen LogP contribution >= 0.6 is 0 Å². The molecule has 1 aromatic carbocycles. The average molecular weight is 406 g/mol. The Morgan fingerprint density at radius 1 is 1.14 bits per heavy atom. The van der Waals surface area contributed by atoms with Crippen LogP contribution < -0.4 is 5.32 Å². The zero-order valence-electron chi connectivity index (χ0n) is 17.2. The molecule has 0 atom stereocenters. The number of halogens is 1. The minimum Gasteiger partial charge on any atom is -0.392 e. The summed E-state index contributed by atoms with van der Waals surface area (Å²) in [7, 11) is 0. The maximum Gasteiger partial charge on any atom is 0.236 e. The van der Waals surface area contributed by atoms with Gasteiger partial charge in [0.2, 0.25) is 5.91 Å². The lowest BCUT2D eigenvalue weighted by Gasteiger charge is -2.36. The summed E-state index contributed by atoms with van der Waals surface area (Å²) < 4.78 is 13.6. The number of nitrogens with one attached hydrogen (secondary N) is 1. The second-order valence-electron chi connectivity index (χ2n) is 7.61. The number of guanidine groups is 1. The van der Waals surface area contributed by atoms with Gasteiger partial charge in [-0.25, -0.2) is 9.38 Å². The second-order valence-corrected chi connectivity index (χ2v) is 7.61. The lowest BCUT2D eigenvalue weighted by atomic mass is 10.1. The molecule has 3 rings (SSSR count). The Kier molecular flexibility index (Phi) is 7.83. The van der Waals surface area contributed by atoms with E-state index in [1.807, 2.05) is 11.8 Å². The van der Waals surface area contributed by atoms with Crippen LogP contribution in [0.5, 0.6) is 0 Å². The summed E-state index contributed by atoms with van der Waals surface area (Å²) in [5.41, 5.74) is 1.15. The number of nitrogens with zero attached hydrogens (tertiary/aromatic N) is 4. The van der Waals surface area contributed by atoms with E-state index in [2.05, 4.69) is 15.1 Å². The van der Waals surface area contributed by atoms with E-state index < -0.39 is 5.82 Å². The molecule has 2 aliphatic rings. The maximum absolute atomic E-state index is 13.6. The van der Waals surface area contributed by atoms with Crippen LogP contribution in [0.25, 0.3) is 0 Å². The van der Waals surface area contributed by atoms with E-state index >= 15 is 0 Å². The summed E-state index contributed by atoms with van der Waals surface area (Å²) in [6, 6.07) is 4.73. The summed E-state index contributed by atoms with van der Waals surface area (Å²) in [6.45, 7) is 8.47. The molecule has 1 amide bonds. The van der Waals surface area contributed by atoms with Gasteiger partial charge < -0.3 is 20.2 Å². The molecule has 0 aliphatic carbocycles. The average Bonchev–Trinajstić information content (AvgIpc) is 3.28. The number of hydrogen-bond acceptors (Lipinski definition) is 4. The smallest absolute Gasteiger partial charge is 0.236 e. The van der Waals surface area contributed by atoms with Crippen molar-refractivity contribution in [1.82, 2.24) is 20.0 Å². The van der Waals surface area contributed by atoms with Gasteiger partial charge in [0.1, 0.15) is 5.82 Å². The lowest BCUT2D eigenvalue weighted by Crippen LogP contribution is -2.54. The molecular weight excluding hydrogens is 373 g/mol. The van der Waals surface area contributed by atoms with E-state index in [1.165, 1.54) is 6.07 Å². The van der Waals surface area contributed by atoms with Gasteiger partial charge in [-0.3, -0.25) is 9.69 Å². The maximum atomic E-state index is 13.6. The van der Waals surface area contributed by atoms with Crippen LogP contribution in [0, 0.1) is 5.82 Å². The van der Waals surface area contributed by atoms with Crippen molar-refractivity contribution in [2.45, 2.75) is 32.9 Å². The number of aliphatic hydroxyl groups is 1. The Hall–Kier alpha value is -2.19. The van der Waals surface area contributed by atoms with Gasteiger partial charge in [0.05, 0.1) is 19.7 Å². The first-order valence-electron chi connectivity index (χ1n) is 10.5. The molecule has 7 nitrogen and oxygen atoms in total. The van der Waals surface area contributed by atoms with Crippen molar-refractivity contribution in [3.63, 3.8) is 0 Å². The van der Waals surface area contributed by atoms with E-state index in [4.69, 9.17) is 4.99 Å². The fourth-order valence-corrected chi connectivity index (χ4v) is 3.82. The molecular formula is C21H32FN5O2. The van der Waals surface area contributed by atoms with Gasteiger partial charge in [0.25, 0.3) is 0 Å². The highest BCUT2D eigenvalue weighted by atomic mass is 19.1. The third-order valence-electron chi connectivity index (χ3n) is 5.52. The van der Waals surface area contributed by atoms with Gasteiger partial charge in [0, 0.05) is 51.4 Å². The molecule has 0 bridgehead atoms. The van der Waals surface area contributed by atoms with Crippen LogP contribution in [0.15, 0.2) is 23.2 Å². The zero-order valence-corrected chi connectivity index (χ0v) is 17.2. The predicted octanol–water partition coefficient (Wildman–Crippen LogP) is 1.02. The fraction of sp³-hybridized carbons (Fsp3) is 0.619. The van der Waals surface area contributed by atoms with Crippen molar-refractivity contribution in [2.75, 3.05) is 52.4 Å². The lowest BCUT2D eigenvalue weighted by molar-refractivity contribution is -0.131. The summed E-state index contributed by atoms with van der Waals surface area (Å²) >= 11 is 0. The van der Waals surface area contributed by atoms with Gasteiger partial charge in [0.15, 0.2) is 5.96 Å². The van der Waals surface area contributed by atoms with Crippen molar-refractivity contribution < 1.29 is 14.3 Å². The van der Waals surface area contributed by atoms with Crippen LogP contribution in [0.1, 0.15) is 30.9 Å². The molecule has 29 heavy (non-hydrogen) atoms. The van der Waals surface area contributed by atoms with Crippen LogP contribution in [0.2, 0.25) is 0 Å². The summed E-state index contributed by atoms with van der Waals surface area (Å²) in [4.78, 5) is 23.4. The monoisotopic (exact) mass is 405 g/mol. The largest absolute Gasteiger partial charge is 0.392 e. The molecule has 0 radical (unpaired) electrons. The van der Waals surface area contributed by atoms with Crippen molar-refractivity contribution >= 4 is 11.9 Å². The Morgan fingerprint density at radius 3 is 2.52 bits per heavy atom. The number of aliphatic imine (C=N–C) groups is 1. The quantitative estimate of drug-likeness (QED) is 0.546. The number of carbonyl (C=O) groups excluding carboxylic acids is 1. The number of benzene rings is 1. The predicted molar refractivity (Wildman–Crippen MR) is 111 cm³/mol. The van der Waals surface area contributed by atoms with E-state index in [1.54, 1.807) is 12.1 Å². The second kappa shape index (κ2) is 10.5. The number of rotatable bonds is 6. The molecule has 2 aliphatic heterocycles. The number of piperazine rings is 1. The van der Waals surface area contributed by atoms with Crippen molar-refractivity contribution in [1.29, 1.82) is 0 Å². The van der Waals surface area contributed by atoms with E-state index in [9.17, 15) is 14.3 Å². The Morgan fingerprint density at radius 2 is 1.86 bits per heavy atom. The van der Waals surface area contributed by atoms with Crippen LogP contribution in [0.4, 0.5) is 4.39 Å². The van der Waals surface area contributed by atoms with Crippen molar-refractivity contribution in [2.24, 2.45) is 4.99 Å². The van der Waals surface area contributed by atoms with Crippen molar-refractivity contribution in [3.8, 4) is 0 Å². The van der Waals surface area contributed by atoms with Gasteiger partial charge in [-0.15, -0.1) is 0 Å². The number of aliphatic hydroxyl groups excluding tert-OH is 1. The molecule has 0 unspecified atom stereocenters. The Balaban J connectivity index is 1.54. The first-order valence-corrected chi connectivity index (χ1v) is 10.5. The van der Waals surface area contributed by atoms with Crippen molar-refractivity contribution in [3.05, 3.63) is 35.1 Å². The van der Waals surface area contributed by atoms with Gasteiger partial charge in [-0.2, -0.15) is 0 Å². The molecule has 0 spiro atoms. The van der Waals surface area contributed by atoms with Crippen LogP contribution in [-0.4, -0.2) is 84.0 Å². The fourth-order valence-electron chi connectivity index (χ4n) is 3.82. The molecule has 0 saturated carbocycles. The minimum absolute atomic E-state index is 0.243. The van der Waals surface area contributed by atoms with Gasteiger partial charge >= 0.3 is 0 Å². The normalized spacial score (nSPS) is 18.4. The number of carbonyl (C=O) groups is 1. The summed E-state index contributed by atoms with van der Waals surface area (Å²) in [5, 5.41) is 12.6.